The number of fused-ring (bicyclic) bond motifs is 1. The lowest BCUT2D eigenvalue weighted by molar-refractivity contribution is -0.384. The summed E-state index contributed by atoms with van der Waals surface area (Å²) in [6.07, 6.45) is 1.67. The van der Waals surface area contributed by atoms with E-state index < -0.39 is 10.8 Å². The van der Waals surface area contributed by atoms with E-state index in [4.69, 9.17) is 0 Å². The van der Waals surface area contributed by atoms with E-state index in [9.17, 15) is 24.5 Å². The van der Waals surface area contributed by atoms with Crippen molar-refractivity contribution in [2.24, 2.45) is 5.10 Å². The van der Waals surface area contributed by atoms with Gasteiger partial charge in [0.2, 0.25) is 5.91 Å². The molecule has 0 fully saturated rings. The van der Waals surface area contributed by atoms with Gasteiger partial charge in [0.15, 0.2) is 0 Å². The molecule has 1 heterocycles. The highest BCUT2D eigenvalue weighted by Gasteiger charge is 2.34. The third kappa shape index (κ3) is 4.09. The van der Waals surface area contributed by atoms with Crippen LogP contribution in [0.1, 0.15) is 39.1 Å². The normalized spacial score (nSPS) is 13.1. The van der Waals surface area contributed by atoms with E-state index in [0.29, 0.717) is 23.1 Å². The van der Waals surface area contributed by atoms with E-state index in [2.05, 4.69) is 10.5 Å². The molecule has 28 heavy (non-hydrogen) atoms. The first-order valence-corrected chi connectivity index (χ1v) is 8.49. The average molecular weight is 380 g/mol. The molecule has 0 saturated carbocycles. The molecule has 3 amide bonds. The predicted octanol–water partition coefficient (Wildman–Crippen LogP) is 2.12. The van der Waals surface area contributed by atoms with Gasteiger partial charge in [0.25, 0.3) is 17.5 Å². The third-order valence-electron chi connectivity index (χ3n) is 4.15. The Morgan fingerprint density at radius 1 is 1.11 bits per heavy atom. The van der Waals surface area contributed by atoms with Gasteiger partial charge >= 0.3 is 0 Å². The average Bonchev–Trinajstić information content (AvgIpc) is 2.93. The summed E-state index contributed by atoms with van der Waals surface area (Å²) in [5, 5.41) is 14.5. The molecular formula is C19H16N4O5. The van der Waals surface area contributed by atoms with Crippen LogP contribution in [0.15, 0.2) is 53.6 Å². The number of hydrogen-bond donors (Lipinski definition) is 1. The van der Waals surface area contributed by atoms with Gasteiger partial charge in [0.05, 0.1) is 22.3 Å². The molecule has 1 aliphatic heterocycles. The van der Waals surface area contributed by atoms with E-state index in [1.165, 1.54) is 24.4 Å². The standard InChI is InChI=1S/C19H16N4O5/c24-17(21-20-12-13-5-3-6-14(11-13)23(27)28)9-4-10-22-18(25)15-7-1-2-8-16(15)19(22)26/h1-3,5-8,11-12H,4,9-10H2,(H,21,24)/b20-12-. The molecule has 0 radical (unpaired) electrons. The summed E-state index contributed by atoms with van der Waals surface area (Å²) in [6.45, 7) is 0.133. The number of amides is 3. The topological polar surface area (TPSA) is 122 Å². The van der Waals surface area contributed by atoms with Crippen LogP contribution in [0.3, 0.4) is 0 Å². The molecule has 0 aromatic heterocycles. The summed E-state index contributed by atoms with van der Waals surface area (Å²) >= 11 is 0. The van der Waals surface area contributed by atoms with Crippen molar-refractivity contribution in [3.63, 3.8) is 0 Å². The molecule has 2 aromatic rings. The minimum absolute atomic E-state index is 0.0691. The zero-order chi connectivity index (χ0) is 20.1. The van der Waals surface area contributed by atoms with Crippen molar-refractivity contribution in [2.45, 2.75) is 12.8 Å². The fourth-order valence-electron chi connectivity index (χ4n) is 2.79. The predicted molar refractivity (Wildman–Crippen MR) is 99.9 cm³/mol. The Hall–Kier alpha value is -3.88. The van der Waals surface area contributed by atoms with Gasteiger partial charge in [-0.05, 0) is 18.6 Å². The molecule has 0 spiro atoms. The number of nitrogens with zero attached hydrogens (tertiary/aromatic N) is 3. The molecule has 0 aliphatic carbocycles. The lowest BCUT2D eigenvalue weighted by Crippen LogP contribution is -2.31. The van der Waals surface area contributed by atoms with E-state index in [1.807, 2.05) is 0 Å². The van der Waals surface area contributed by atoms with Gasteiger partial charge in [-0.2, -0.15) is 5.10 Å². The fraction of sp³-hybridized carbons (Fsp3) is 0.158. The first-order valence-electron chi connectivity index (χ1n) is 8.49. The second-order valence-electron chi connectivity index (χ2n) is 6.06. The number of non-ortho nitro benzene ring substituents is 1. The minimum Gasteiger partial charge on any atom is -0.274 e. The second kappa shape index (κ2) is 8.21. The van der Waals surface area contributed by atoms with E-state index in [-0.39, 0.29) is 30.5 Å². The summed E-state index contributed by atoms with van der Waals surface area (Å²) in [7, 11) is 0. The van der Waals surface area contributed by atoms with Gasteiger partial charge in [0.1, 0.15) is 0 Å². The fourth-order valence-corrected chi connectivity index (χ4v) is 2.79. The number of benzene rings is 2. The highest BCUT2D eigenvalue weighted by molar-refractivity contribution is 6.21. The molecule has 3 rings (SSSR count). The Balaban J connectivity index is 1.47. The van der Waals surface area contributed by atoms with Gasteiger partial charge in [-0.3, -0.25) is 29.4 Å². The maximum atomic E-state index is 12.2. The van der Waals surface area contributed by atoms with Crippen molar-refractivity contribution in [3.8, 4) is 0 Å². The molecule has 2 aromatic carbocycles. The Morgan fingerprint density at radius 3 is 2.43 bits per heavy atom. The molecule has 1 aliphatic rings. The summed E-state index contributed by atoms with van der Waals surface area (Å²) in [4.78, 5) is 47.6. The number of hydrogen-bond acceptors (Lipinski definition) is 6. The smallest absolute Gasteiger partial charge is 0.270 e. The number of nitro groups is 1. The first-order chi connectivity index (χ1) is 13.5. The van der Waals surface area contributed by atoms with E-state index in [1.54, 1.807) is 30.3 Å². The van der Waals surface area contributed by atoms with Crippen LogP contribution >= 0.6 is 0 Å². The van der Waals surface area contributed by atoms with Crippen LogP contribution in [0.2, 0.25) is 0 Å². The van der Waals surface area contributed by atoms with Gasteiger partial charge in [-0.25, -0.2) is 5.43 Å². The third-order valence-corrected chi connectivity index (χ3v) is 4.15. The second-order valence-corrected chi connectivity index (χ2v) is 6.06. The van der Waals surface area contributed by atoms with Gasteiger partial charge in [0, 0.05) is 30.7 Å². The van der Waals surface area contributed by atoms with Crippen LogP contribution in [-0.4, -0.2) is 40.3 Å². The number of imide groups is 1. The van der Waals surface area contributed by atoms with Crippen molar-refractivity contribution >= 4 is 29.6 Å². The molecule has 1 N–H and O–H groups in total. The number of carbonyl (C=O) groups is 3. The zero-order valence-corrected chi connectivity index (χ0v) is 14.7. The van der Waals surface area contributed by atoms with Gasteiger partial charge in [-0.1, -0.05) is 24.3 Å². The summed E-state index contributed by atoms with van der Waals surface area (Å²) in [5.41, 5.74) is 3.46. The van der Waals surface area contributed by atoms with E-state index >= 15 is 0 Å². The molecule has 9 heteroatoms. The van der Waals surface area contributed by atoms with Crippen LogP contribution in [0, 0.1) is 10.1 Å². The Morgan fingerprint density at radius 2 is 1.79 bits per heavy atom. The minimum atomic E-state index is -0.519. The van der Waals surface area contributed by atoms with Crippen LogP contribution in [0.25, 0.3) is 0 Å². The highest BCUT2D eigenvalue weighted by atomic mass is 16.6. The first kappa shape index (κ1) is 18.9. The van der Waals surface area contributed by atoms with Crippen LogP contribution in [0.4, 0.5) is 5.69 Å². The number of hydrazone groups is 1. The van der Waals surface area contributed by atoms with Crippen LogP contribution in [0.5, 0.6) is 0 Å². The molecule has 0 bridgehead atoms. The van der Waals surface area contributed by atoms with Gasteiger partial charge < -0.3 is 0 Å². The zero-order valence-electron chi connectivity index (χ0n) is 14.7. The molecule has 0 unspecified atom stereocenters. The van der Waals surface area contributed by atoms with Crippen molar-refractivity contribution in [1.29, 1.82) is 0 Å². The lowest BCUT2D eigenvalue weighted by Gasteiger charge is -2.12. The van der Waals surface area contributed by atoms with Crippen LogP contribution in [-0.2, 0) is 4.79 Å². The summed E-state index contributed by atoms with van der Waals surface area (Å²) in [6, 6.07) is 12.4. The Bertz CT molecular complexity index is 951. The highest BCUT2D eigenvalue weighted by Crippen LogP contribution is 2.22. The number of carbonyl (C=O) groups excluding carboxylic acids is 3. The summed E-state index contributed by atoms with van der Waals surface area (Å²) in [5.74, 6) is -1.10. The lowest BCUT2D eigenvalue weighted by atomic mass is 10.1. The number of nitrogens with one attached hydrogen (secondary N) is 1. The van der Waals surface area contributed by atoms with Crippen molar-refractivity contribution in [1.82, 2.24) is 10.3 Å². The molecular weight excluding hydrogens is 364 g/mol. The van der Waals surface area contributed by atoms with E-state index in [0.717, 1.165) is 4.90 Å². The largest absolute Gasteiger partial charge is 0.274 e. The van der Waals surface area contributed by atoms with Crippen molar-refractivity contribution in [3.05, 3.63) is 75.3 Å². The SMILES string of the molecule is O=C(CCCN1C(=O)c2ccccc2C1=O)N/N=C\c1cccc([N+](=O)[O-])c1. The van der Waals surface area contributed by atoms with Gasteiger partial charge in [-0.15, -0.1) is 0 Å². The Labute approximate surface area is 159 Å². The summed E-state index contributed by atoms with van der Waals surface area (Å²) < 4.78 is 0. The maximum Gasteiger partial charge on any atom is 0.270 e. The van der Waals surface area contributed by atoms with Crippen molar-refractivity contribution in [2.75, 3.05) is 6.54 Å². The van der Waals surface area contributed by atoms with Crippen molar-refractivity contribution < 1.29 is 19.3 Å². The number of nitro benzene ring substituents is 1. The quantitative estimate of drug-likeness (QED) is 0.341. The maximum absolute atomic E-state index is 12.2. The molecule has 0 atom stereocenters. The Kier molecular flexibility index (Phi) is 5.54. The van der Waals surface area contributed by atoms with Crippen LogP contribution < -0.4 is 5.43 Å². The number of rotatable bonds is 7. The molecule has 0 saturated heterocycles. The molecule has 9 nitrogen and oxygen atoms in total. The molecule has 142 valence electrons. The monoisotopic (exact) mass is 380 g/mol.